The smallest absolute Gasteiger partial charge is 0.0617 e. The Morgan fingerprint density at radius 2 is 1.78 bits per heavy atom. The van der Waals surface area contributed by atoms with E-state index in [-0.39, 0.29) is 6.15 Å². The minimum atomic E-state index is -0.408. The monoisotopic (exact) mass is 133 g/mol. The highest BCUT2D eigenvalue weighted by molar-refractivity contribution is 4.67. The van der Waals surface area contributed by atoms with Crippen molar-refractivity contribution < 1.29 is 5.11 Å². The van der Waals surface area contributed by atoms with Crippen LogP contribution in [-0.4, -0.2) is 10.7 Å². The van der Waals surface area contributed by atoms with E-state index in [4.69, 9.17) is 0 Å². The molecule has 2 heteroatoms. The first-order valence-corrected chi connectivity index (χ1v) is 3.34. The Labute approximate surface area is 57.9 Å². The van der Waals surface area contributed by atoms with Gasteiger partial charge in [-0.1, -0.05) is 20.3 Å². The lowest BCUT2D eigenvalue weighted by molar-refractivity contribution is 0.0463. The molecule has 0 amide bonds. The molecule has 1 unspecified atom stereocenters. The van der Waals surface area contributed by atoms with Crippen LogP contribution in [0.3, 0.4) is 0 Å². The standard InChI is InChI=1S/C7H16O.H3N/c1-4-6-7(3,8)5-2;/h8H,4-6H2,1-3H3;1H3. The van der Waals surface area contributed by atoms with Crippen LogP contribution in [0.25, 0.3) is 0 Å². The maximum atomic E-state index is 9.32. The van der Waals surface area contributed by atoms with Crippen LogP contribution in [0.4, 0.5) is 0 Å². The van der Waals surface area contributed by atoms with Crippen molar-refractivity contribution in [1.82, 2.24) is 6.15 Å². The maximum Gasteiger partial charge on any atom is 0.0617 e. The second kappa shape index (κ2) is 4.77. The molecule has 0 heterocycles. The molecule has 0 rings (SSSR count). The van der Waals surface area contributed by atoms with Gasteiger partial charge in [-0.05, 0) is 19.8 Å². The van der Waals surface area contributed by atoms with Gasteiger partial charge >= 0.3 is 0 Å². The Morgan fingerprint density at radius 1 is 1.33 bits per heavy atom. The van der Waals surface area contributed by atoms with E-state index in [0.29, 0.717) is 0 Å². The third kappa shape index (κ3) is 5.80. The molecular weight excluding hydrogens is 114 g/mol. The average molecular weight is 133 g/mol. The van der Waals surface area contributed by atoms with Gasteiger partial charge in [0.1, 0.15) is 0 Å². The summed E-state index contributed by atoms with van der Waals surface area (Å²) in [4.78, 5) is 0. The van der Waals surface area contributed by atoms with Crippen LogP contribution >= 0.6 is 0 Å². The number of hydrogen-bond acceptors (Lipinski definition) is 2. The maximum absolute atomic E-state index is 9.32. The van der Waals surface area contributed by atoms with Crippen molar-refractivity contribution in [2.24, 2.45) is 0 Å². The summed E-state index contributed by atoms with van der Waals surface area (Å²) < 4.78 is 0. The Kier molecular flexibility index (Phi) is 6.19. The lowest BCUT2D eigenvalue weighted by Gasteiger charge is -2.19. The van der Waals surface area contributed by atoms with Crippen molar-refractivity contribution in [3.63, 3.8) is 0 Å². The fourth-order valence-electron chi connectivity index (χ4n) is 0.715. The molecule has 0 aliphatic rings. The van der Waals surface area contributed by atoms with Crippen LogP contribution in [0.2, 0.25) is 0 Å². The molecule has 0 aromatic rings. The minimum Gasteiger partial charge on any atom is -0.390 e. The number of rotatable bonds is 3. The van der Waals surface area contributed by atoms with E-state index in [0.717, 1.165) is 19.3 Å². The Bertz CT molecular complexity index is 61.9. The van der Waals surface area contributed by atoms with Gasteiger partial charge in [0.2, 0.25) is 0 Å². The molecule has 0 radical (unpaired) electrons. The summed E-state index contributed by atoms with van der Waals surface area (Å²) in [6, 6.07) is 0. The quantitative estimate of drug-likeness (QED) is 0.619. The van der Waals surface area contributed by atoms with Gasteiger partial charge in [0.05, 0.1) is 5.60 Å². The number of hydrogen-bond donors (Lipinski definition) is 2. The molecule has 0 aromatic carbocycles. The molecule has 0 spiro atoms. The van der Waals surface area contributed by atoms with E-state index in [9.17, 15) is 5.11 Å². The Hall–Kier alpha value is -0.0800. The Morgan fingerprint density at radius 3 is 1.89 bits per heavy atom. The van der Waals surface area contributed by atoms with Gasteiger partial charge in [0, 0.05) is 0 Å². The normalized spacial score (nSPS) is 16.0. The molecule has 0 saturated carbocycles. The average Bonchev–Trinajstić information content (AvgIpc) is 1.67. The van der Waals surface area contributed by atoms with Gasteiger partial charge in [0.25, 0.3) is 0 Å². The molecule has 0 aliphatic heterocycles. The first-order valence-electron chi connectivity index (χ1n) is 3.34. The zero-order valence-electron chi connectivity index (χ0n) is 6.78. The highest BCUT2D eigenvalue weighted by atomic mass is 16.3. The molecule has 4 N–H and O–H groups in total. The van der Waals surface area contributed by atoms with Crippen LogP contribution < -0.4 is 6.15 Å². The summed E-state index contributed by atoms with van der Waals surface area (Å²) in [5.41, 5.74) is -0.408. The van der Waals surface area contributed by atoms with Crippen LogP contribution in [0.5, 0.6) is 0 Å². The summed E-state index contributed by atoms with van der Waals surface area (Å²) in [7, 11) is 0. The second-order valence-corrected chi connectivity index (χ2v) is 2.60. The van der Waals surface area contributed by atoms with E-state index in [1.165, 1.54) is 0 Å². The topological polar surface area (TPSA) is 55.2 Å². The molecule has 58 valence electrons. The lowest BCUT2D eigenvalue weighted by atomic mass is 9.98. The SMILES string of the molecule is CCCC(C)(O)CC.N. The van der Waals surface area contributed by atoms with Crippen LogP contribution in [0.15, 0.2) is 0 Å². The van der Waals surface area contributed by atoms with Crippen LogP contribution in [0.1, 0.15) is 40.0 Å². The minimum absolute atomic E-state index is 0. The molecule has 1 atom stereocenters. The summed E-state index contributed by atoms with van der Waals surface area (Å²) in [6.07, 6.45) is 2.85. The third-order valence-electron chi connectivity index (χ3n) is 1.55. The zero-order chi connectivity index (χ0) is 6.62. The van der Waals surface area contributed by atoms with Gasteiger partial charge < -0.3 is 11.3 Å². The third-order valence-corrected chi connectivity index (χ3v) is 1.55. The molecule has 0 bridgehead atoms. The zero-order valence-corrected chi connectivity index (χ0v) is 6.78. The molecule has 2 nitrogen and oxygen atoms in total. The molecule has 0 fully saturated rings. The molecule has 9 heavy (non-hydrogen) atoms. The van der Waals surface area contributed by atoms with Crippen LogP contribution in [0, 0.1) is 0 Å². The van der Waals surface area contributed by atoms with E-state index >= 15 is 0 Å². The van der Waals surface area contributed by atoms with Crippen molar-refractivity contribution >= 4 is 0 Å². The Balaban J connectivity index is 0. The fourth-order valence-corrected chi connectivity index (χ4v) is 0.715. The van der Waals surface area contributed by atoms with Gasteiger partial charge in [-0.25, -0.2) is 0 Å². The molecule has 0 aliphatic carbocycles. The van der Waals surface area contributed by atoms with Crippen molar-refractivity contribution in [2.45, 2.75) is 45.6 Å². The summed E-state index contributed by atoms with van der Waals surface area (Å²) in [6.45, 7) is 5.98. The largest absolute Gasteiger partial charge is 0.390 e. The first-order chi connectivity index (χ1) is 3.62. The predicted octanol–water partition coefficient (Wildman–Crippen LogP) is 2.11. The lowest BCUT2D eigenvalue weighted by Crippen LogP contribution is -2.21. The van der Waals surface area contributed by atoms with Crippen molar-refractivity contribution in [2.75, 3.05) is 0 Å². The molecule has 0 aromatic heterocycles. The van der Waals surface area contributed by atoms with Gasteiger partial charge in [-0.2, -0.15) is 0 Å². The van der Waals surface area contributed by atoms with Gasteiger partial charge in [-0.3, -0.25) is 0 Å². The van der Waals surface area contributed by atoms with Crippen molar-refractivity contribution in [3.05, 3.63) is 0 Å². The highest BCUT2D eigenvalue weighted by Gasteiger charge is 2.14. The first kappa shape index (κ1) is 11.7. The fraction of sp³-hybridized carbons (Fsp3) is 1.00. The van der Waals surface area contributed by atoms with Gasteiger partial charge in [0.15, 0.2) is 0 Å². The molecule has 0 saturated heterocycles. The second-order valence-electron chi connectivity index (χ2n) is 2.60. The van der Waals surface area contributed by atoms with Crippen molar-refractivity contribution in [1.29, 1.82) is 0 Å². The van der Waals surface area contributed by atoms with Gasteiger partial charge in [-0.15, -0.1) is 0 Å². The van der Waals surface area contributed by atoms with E-state index < -0.39 is 5.60 Å². The molecular formula is C7H19NO. The van der Waals surface area contributed by atoms with E-state index in [2.05, 4.69) is 6.92 Å². The summed E-state index contributed by atoms with van der Waals surface area (Å²) >= 11 is 0. The van der Waals surface area contributed by atoms with E-state index in [1.807, 2.05) is 13.8 Å². The highest BCUT2D eigenvalue weighted by Crippen LogP contribution is 2.14. The van der Waals surface area contributed by atoms with Crippen LogP contribution in [-0.2, 0) is 0 Å². The summed E-state index contributed by atoms with van der Waals surface area (Å²) in [5.74, 6) is 0. The summed E-state index contributed by atoms with van der Waals surface area (Å²) in [5, 5.41) is 9.32. The van der Waals surface area contributed by atoms with E-state index in [1.54, 1.807) is 0 Å². The number of aliphatic hydroxyl groups is 1. The van der Waals surface area contributed by atoms with Crippen molar-refractivity contribution in [3.8, 4) is 0 Å². The predicted molar refractivity (Wildman–Crippen MR) is 40.8 cm³/mol.